The van der Waals surface area contributed by atoms with Crippen molar-refractivity contribution in [3.05, 3.63) is 22.7 Å². The second kappa shape index (κ2) is 5.78. The van der Waals surface area contributed by atoms with Crippen LogP contribution >= 0.6 is 15.9 Å². The molecule has 1 saturated heterocycles. The van der Waals surface area contributed by atoms with Crippen molar-refractivity contribution in [2.24, 2.45) is 0 Å². The highest BCUT2D eigenvalue weighted by Crippen LogP contribution is 2.25. The van der Waals surface area contributed by atoms with Crippen molar-refractivity contribution in [3.63, 3.8) is 0 Å². The summed E-state index contributed by atoms with van der Waals surface area (Å²) in [6.45, 7) is 2.51. The van der Waals surface area contributed by atoms with Crippen molar-refractivity contribution in [1.82, 2.24) is 4.72 Å². The second-order valence-corrected chi connectivity index (χ2v) is 7.19. The van der Waals surface area contributed by atoms with Gasteiger partial charge in [-0.25, -0.2) is 13.1 Å². The summed E-state index contributed by atoms with van der Waals surface area (Å²) in [5, 5.41) is 0. The molecule has 1 fully saturated rings. The molecule has 1 heterocycles. The molecule has 3 N–H and O–H groups in total. The Labute approximate surface area is 121 Å². The number of nitrogens with two attached hydrogens (primary N) is 1. The molecule has 0 radical (unpaired) electrons. The van der Waals surface area contributed by atoms with Gasteiger partial charge in [0.1, 0.15) is 0 Å². The number of anilines is 1. The summed E-state index contributed by atoms with van der Waals surface area (Å²) in [4.78, 5) is 0.150. The van der Waals surface area contributed by atoms with Crippen LogP contribution in [0, 0.1) is 0 Å². The van der Waals surface area contributed by atoms with Crippen molar-refractivity contribution in [2.75, 3.05) is 12.3 Å². The van der Waals surface area contributed by atoms with E-state index in [0.29, 0.717) is 16.8 Å². The molecule has 5 nitrogen and oxygen atoms in total. The molecule has 1 aromatic carbocycles. The van der Waals surface area contributed by atoms with Crippen LogP contribution in [0.25, 0.3) is 0 Å². The summed E-state index contributed by atoms with van der Waals surface area (Å²) < 4.78 is 33.3. The summed E-state index contributed by atoms with van der Waals surface area (Å²) >= 11 is 3.23. The Hall–Kier alpha value is -0.630. The number of halogens is 1. The minimum Gasteiger partial charge on any atom is -0.399 e. The Morgan fingerprint density at radius 2 is 2.26 bits per heavy atom. The first-order valence-corrected chi connectivity index (χ1v) is 8.37. The molecule has 2 rings (SSSR count). The van der Waals surface area contributed by atoms with Gasteiger partial charge in [0.25, 0.3) is 0 Å². The summed E-state index contributed by atoms with van der Waals surface area (Å²) in [6, 6.07) is 4.45. The summed E-state index contributed by atoms with van der Waals surface area (Å²) in [5.41, 5.74) is 6.05. The molecule has 106 valence electrons. The van der Waals surface area contributed by atoms with Crippen LogP contribution in [0.1, 0.15) is 19.8 Å². The van der Waals surface area contributed by atoms with Crippen molar-refractivity contribution in [3.8, 4) is 0 Å². The van der Waals surface area contributed by atoms with E-state index in [-0.39, 0.29) is 17.0 Å². The van der Waals surface area contributed by atoms with E-state index >= 15 is 0 Å². The third kappa shape index (κ3) is 3.47. The lowest BCUT2D eigenvalue weighted by Gasteiger charge is -2.20. The minimum absolute atomic E-state index is 0.0605. The number of rotatable bonds is 4. The quantitative estimate of drug-likeness (QED) is 0.814. The average molecular weight is 349 g/mol. The highest BCUT2D eigenvalue weighted by molar-refractivity contribution is 9.10. The first-order valence-electron chi connectivity index (χ1n) is 6.09. The van der Waals surface area contributed by atoms with Gasteiger partial charge >= 0.3 is 0 Å². The number of hydrogen-bond donors (Lipinski definition) is 2. The fourth-order valence-corrected chi connectivity index (χ4v) is 4.38. The smallest absolute Gasteiger partial charge is 0.242 e. The van der Waals surface area contributed by atoms with Gasteiger partial charge in [0, 0.05) is 22.8 Å². The number of nitrogen functional groups attached to an aromatic ring is 1. The van der Waals surface area contributed by atoms with Gasteiger partial charge < -0.3 is 10.5 Å². The molecule has 0 spiro atoms. The maximum Gasteiger partial charge on any atom is 0.242 e. The summed E-state index contributed by atoms with van der Waals surface area (Å²) in [5.74, 6) is 0. The molecule has 2 atom stereocenters. The number of nitrogens with one attached hydrogen (secondary N) is 1. The van der Waals surface area contributed by atoms with Gasteiger partial charge in [0.2, 0.25) is 10.0 Å². The number of benzene rings is 1. The molecule has 0 saturated carbocycles. The van der Waals surface area contributed by atoms with Crippen LogP contribution in [0.15, 0.2) is 27.6 Å². The van der Waals surface area contributed by atoms with Gasteiger partial charge in [-0.3, -0.25) is 0 Å². The van der Waals surface area contributed by atoms with Crippen LogP contribution in [0.4, 0.5) is 5.69 Å². The predicted molar refractivity (Wildman–Crippen MR) is 77.3 cm³/mol. The standard InChI is InChI=1S/C12H17BrN2O3S/c1-8(11-3-2-6-18-11)15-19(16,17)12-7-9(14)4-5-10(12)13/h4-5,7-8,11,15H,2-3,6,14H2,1H3. The van der Waals surface area contributed by atoms with Crippen LogP contribution < -0.4 is 10.5 Å². The van der Waals surface area contributed by atoms with Gasteiger partial charge in [0.15, 0.2) is 0 Å². The van der Waals surface area contributed by atoms with E-state index < -0.39 is 10.0 Å². The topological polar surface area (TPSA) is 81.4 Å². The van der Waals surface area contributed by atoms with Crippen LogP contribution in [0.5, 0.6) is 0 Å². The van der Waals surface area contributed by atoms with Gasteiger partial charge in [-0.1, -0.05) is 0 Å². The Morgan fingerprint density at radius 3 is 2.89 bits per heavy atom. The SMILES string of the molecule is CC(NS(=O)(=O)c1cc(N)ccc1Br)C1CCCO1. The number of sulfonamides is 1. The predicted octanol–water partition coefficient (Wildman–Crippen LogP) is 1.88. The molecule has 1 aliphatic rings. The molecule has 0 aliphatic carbocycles. The third-order valence-electron chi connectivity index (χ3n) is 3.11. The molecular weight excluding hydrogens is 332 g/mol. The maximum absolute atomic E-state index is 12.3. The van der Waals surface area contributed by atoms with Crippen LogP contribution in [-0.2, 0) is 14.8 Å². The Balaban J connectivity index is 2.19. The Morgan fingerprint density at radius 1 is 1.53 bits per heavy atom. The molecule has 2 unspecified atom stereocenters. The lowest BCUT2D eigenvalue weighted by atomic mass is 10.1. The van der Waals surface area contributed by atoms with Crippen LogP contribution in [-0.4, -0.2) is 27.2 Å². The van der Waals surface area contributed by atoms with Gasteiger partial charge in [-0.15, -0.1) is 0 Å². The first kappa shape index (κ1) is 14.8. The van der Waals surface area contributed by atoms with E-state index in [0.717, 1.165) is 12.8 Å². The zero-order valence-corrected chi connectivity index (χ0v) is 13.0. The molecule has 1 aromatic rings. The highest BCUT2D eigenvalue weighted by Gasteiger charge is 2.28. The van der Waals surface area contributed by atoms with E-state index in [2.05, 4.69) is 20.7 Å². The lowest BCUT2D eigenvalue weighted by Crippen LogP contribution is -2.40. The van der Waals surface area contributed by atoms with E-state index in [1.165, 1.54) is 6.07 Å². The van der Waals surface area contributed by atoms with Gasteiger partial charge in [-0.2, -0.15) is 0 Å². The van der Waals surface area contributed by atoms with E-state index in [4.69, 9.17) is 10.5 Å². The second-order valence-electron chi connectivity index (χ2n) is 4.65. The molecular formula is C12H17BrN2O3S. The van der Waals surface area contributed by atoms with Crippen LogP contribution in [0.2, 0.25) is 0 Å². The zero-order valence-electron chi connectivity index (χ0n) is 10.6. The lowest BCUT2D eigenvalue weighted by molar-refractivity contribution is 0.0902. The fourth-order valence-electron chi connectivity index (χ4n) is 2.11. The molecule has 0 aromatic heterocycles. The van der Waals surface area contributed by atoms with E-state index in [1.807, 2.05) is 6.92 Å². The molecule has 0 amide bonds. The molecule has 19 heavy (non-hydrogen) atoms. The third-order valence-corrected chi connectivity index (χ3v) is 5.66. The fraction of sp³-hybridized carbons (Fsp3) is 0.500. The largest absolute Gasteiger partial charge is 0.399 e. The molecule has 0 bridgehead atoms. The first-order chi connectivity index (χ1) is 8.90. The number of hydrogen-bond acceptors (Lipinski definition) is 4. The van der Waals surface area contributed by atoms with E-state index in [9.17, 15) is 8.42 Å². The van der Waals surface area contributed by atoms with Gasteiger partial charge in [0.05, 0.1) is 11.0 Å². The maximum atomic E-state index is 12.3. The normalized spacial score (nSPS) is 21.5. The summed E-state index contributed by atoms with van der Waals surface area (Å²) in [6.07, 6.45) is 1.79. The van der Waals surface area contributed by atoms with Crippen molar-refractivity contribution in [2.45, 2.75) is 36.8 Å². The molecule has 1 aliphatic heterocycles. The van der Waals surface area contributed by atoms with Crippen molar-refractivity contribution >= 4 is 31.6 Å². The van der Waals surface area contributed by atoms with Crippen molar-refractivity contribution < 1.29 is 13.2 Å². The Kier molecular flexibility index (Phi) is 4.50. The average Bonchev–Trinajstić information content (AvgIpc) is 2.85. The van der Waals surface area contributed by atoms with Crippen molar-refractivity contribution in [1.29, 1.82) is 0 Å². The monoisotopic (exact) mass is 348 g/mol. The Bertz CT molecular complexity index is 556. The zero-order chi connectivity index (χ0) is 14.0. The van der Waals surface area contributed by atoms with E-state index in [1.54, 1.807) is 12.1 Å². The van der Waals surface area contributed by atoms with Crippen LogP contribution in [0.3, 0.4) is 0 Å². The summed E-state index contributed by atoms with van der Waals surface area (Å²) in [7, 11) is -3.61. The minimum atomic E-state index is -3.61. The molecule has 7 heteroatoms. The highest BCUT2D eigenvalue weighted by atomic mass is 79.9. The van der Waals surface area contributed by atoms with Gasteiger partial charge in [-0.05, 0) is 53.9 Å². The number of ether oxygens (including phenoxy) is 1.